The molecule has 5 heteroatoms. The van der Waals surface area contributed by atoms with Crippen LogP contribution >= 0.6 is 15.9 Å². The largest absolute Gasteiger partial charge is 0.399 e. The van der Waals surface area contributed by atoms with Crippen LogP contribution in [0.4, 0.5) is 5.69 Å². The average molecular weight is 236 g/mol. The highest BCUT2D eigenvalue weighted by Crippen LogP contribution is 2.17. The van der Waals surface area contributed by atoms with Crippen LogP contribution in [-0.4, -0.2) is 8.42 Å². The first kappa shape index (κ1) is 8.55. The van der Waals surface area contributed by atoms with Crippen molar-refractivity contribution in [1.29, 1.82) is 0 Å². The molecule has 0 spiro atoms. The molecule has 1 aromatic carbocycles. The molecule has 0 aliphatic rings. The van der Waals surface area contributed by atoms with E-state index < -0.39 is 10.7 Å². The van der Waals surface area contributed by atoms with Gasteiger partial charge in [0.1, 0.15) is 0 Å². The number of anilines is 1. The molecule has 0 amide bonds. The van der Waals surface area contributed by atoms with Crippen LogP contribution in [-0.2, 0) is 10.7 Å². The fourth-order valence-electron chi connectivity index (χ4n) is 0.702. The first-order valence-corrected chi connectivity index (χ1v) is 4.77. The summed E-state index contributed by atoms with van der Waals surface area (Å²) in [6, 6.07) is 4.56. The van der Waals surface area contributed by atoms with Gasteiger partial charge in [0.2, 0.25) is 0 Å². The maximum Gasteiger partial charge on any atom is 0.168 e. The smallest absolute Gasteiger partial charge is 0.168 e. The minimum absolute atomic E-state index is 0.229. The van der Waals surface area contributed by atoms with E-state index in [1.165, 1.54) is 12.1 Å². The number of rotatable bonds is 1. The normalized spacial score (nSPS) is 10.4. The quantitative estimate of drug-likeness (QED) is 0.564. The van der Waals surface area contributed by atoms with Crippen molar-refractivity contribution in [2.24, 2.45) is 0 Å². The Balaban J connectivity index is 3.29. The molecule has 2 N–H and O–H groups in total. The number of benzene rings is 1. The van der Waals surface area contributed by atoms with Gasteiger partial charge in [-0.05, 0) is 18.2 Å². The second-order valence-electron chi connectivity index (χ2n) is 2.00. The molecule has 0 heterocycles. The number of halogens is 1. The van der Waals surface area contributed by atoms with Gasteiger partial charge in [0.15, 0.2) is 10.7 Å². The summed E-state index contributed by atoms with van der Waals surface area (Å²) in [6.45, 7) is 0. The second-order valence-corrected chi connectivity index (χ2v) is 3.95. The molecular weight excluding hydrogens is 230 g/mol. The van der Waals surface area contributed by atoms with Crippen LogP contribution in [0.2, 0.25) is 0 Å². The average Bonchev–Trinajstić information content (AvgIpc) is 1.85. The molecule has 0 radical (unpaired) electrons. The molecule has 3 nitrogen and oxygen atoms in total. The summed E-state index contributed by atoms with van der Waals surface area (Å²) in [5.74, 6) is 0. The highest BCUT2D eigenvalue weighted by molar-refractivity contribution is 9.10. The van der Waals surface area contributed by atoms with Gasteiger partial charge in [-0.3, -0.25) is 0 Å². The van der Waals surface area contributed by atoms with E-state index in [0.717, 1.165) is 0 Å². The molecule has 0 unspecified atom stereocenters. The summed E-state index contributed by atoms with van der Waals surface area (Å²) in [7, 11) is -2.54. The number of nitrogen functional groups attached to an aromatic ring is 1. The summed E-state index contributed by atoms with van der Waals surface area (Å²) >= 11 is 3.13. The van der Waals surface area contributed by atoms with E-state index >= 15 is 0 Å². The van der Waals surface area contributed by atoms with E-state index in [1.54, 1.807) is 6.07 Å². The van der Waals surface area contributed by atoms with E-state index in [1.807, 2.05) is 0 Å². The summed E-state index contributed by atoms with van der Waals surface area (Å²) in [5, 5.41) is 0. The van der Waals surface area contributed by atoms with Crippen molar-refractivity contribution in [3.05, 3.63) is 22.7 Å². The van der Waals surface area contributed by atoms with Crippen LogP contribution in [0.25, 0.3) is 0 Å². The standard InChI is InChI=1S/C6H6BrNO2S/c7-4-1-5(8)3-6(2-4)11(9)10/h1-3,11H,8H2. The van der Waals surface area contributed by atoms with E-state index in [0.29, 0.717) is 10.2 Å². The Morgan fingerprint density at radius 3 is 2.36 bits per heavy atom. The number of hydrogen-bond acceptors (Lipinski definition) is 3. The Labute approximate surface area is 74.3 Å². The Morgan fingerprint density at radius 2 is 1.91 bits per heavy atom. The Hall–Kier alpha value is -0.550. The molecule has 0 saturated heterocycles. The van der Waals surface area contributed by atoms with Gasteiger partial charge < -0.3 is 5.73 Å². The molecule has 0 saturated carbocycles. The van der Waals surface area contributed by atoms with Gasteiger partial charge in [-0.2, -0.15) is 0 Å². The highest BCUT2D eigenvalue weighted by Gasteiger charge is 1.97. The fraction of sp³-hybridized carbons (Fsp3) is 0. The predicted octanol–water partition coefficient (Wildman–Crippen LogP) is 1.00. The number of thiol groups is 1. The SMILES string of the molecule is Nc1cc(Br)cc([SH](=O)=O)c1. The van der Waals surface area contributed by atoms with Crippen LogP contribution < -0.4 is 5.73 Å². The molecule has 0 aromatic heterocycles. The van der Waals surface area contributed by atoms with Gasteiger partial charge in [-0.1, -0.05) is 15.9 Å². The van der Waals surface area contributed by atoms with Crippen LogP contribution in [0, 0.1) is 0 Å². The third-order valence-corrected chi connectivity index (χ3v) is 2.25. The van der Waals surface area contributed by atoms with Crippen molar-refractivity contribution in [3.8, 4) is 0 Å². The Kier molecular flexibility index (Phi) is 2.51. The third-order valence-electron chi connectivity index (χ3n) is 1.12. The molecule has 60 valence electrons. The molecule has 1 aromatic rings. The van der Waals surface area contributed by atoms with E-state index in [2.05, 4.69) is 15.9 Å². The van der Waals surface area contributed by atoms with E-state index in [9.17, 15) is 8.42 Å². The molecule has 11 heavy (non-hydrogen) atoms. The summed E-state index contributed by atoms with van der Waals surface area (Å²) < 4.78 is 21.6. The molecule has 1 rings (SSSR count). The minimum Gasteiger partial charge on any atom is -0.399 e. The summed E-state index contributed by atoms with van der Waals surface area (Å²) in [6.07, 6.45) is 0. The number of hydrogen-bond donors (Lipinski definition) is 2. The lowest BCUT2D eigenvalue weighted by atomic mass is 10.3. The lowest BCUT2D eigenvalue weighted by Crippen LogP contribution is -1.87. The van der Waals surface area contributed by atoms with Crippen molar-refractivity contribution < 1.29 is 8.42 Å². The van der Waals surface area contributed by atoms with Crippen LogP contribution in [0.3, 0.4) is 0 Å². The van der Waals surface area contributed by atoms with Gasteiger partial charge in [-0.25, -0.2) is 8.42 Å². The zero-order chi connectivity index (χ0) is 8.43. The van der Waals surface area contributed by atoms with E-state index in [-0.39, 0.29) is 4.90 Å². The Morgan fingerprint density at radius 1 is 1.27 bits per heavy atom. The van der Waals surface area contributed by atoms with Gasteiger partial charge in [-0.15, -0.1) is 0 Å². The van der Waals surface area contributed by atoms with Crippen molar-refractivity contribution >= 4 is 32.3 Å². The Bertz CT molecular complexity index is 320. The van der Waals surface area contributed by atoms with Crippen molar-refractivity contribution in [1.82, 2.24) is 0 Å². The van der Waals surface area contributed by atoms with Crippen molar-refractivity contribution in [3.63, 3.8) is 0 Å². The first-order valence-electron chi connectivity index (χ1n) is 2.80. The van der Waals surface area contributed by atoms with Gasteiger partial charge in [0.25, 0.3) is 0 Å². The highest BCUT2D eigenvalue weighted by atomic mass is 79.9. The molecule has 0 atom stereocenters. The monoisotopic (exact) mass is 235 g/mol. The van der Waals surface area contributed by atoms with Crippen LogP contribution in [0.15, 0.2) is 27.6 Å². The van der Waals surface area contributed by atoms with Crippen molar-refractivity contribution in [2.45, 2.75) is 4.90 Å². The minimum atomic E-state index is -2.54. The fourth-order valence-corrected chi connectivity index (χ4v) is 1.89. The predicted molar refractivity (Wildman–Crippen MR) is 47.1 cm³/mol. The zero-order valence-corrected chi connectivity index (χ0v) is 7.93. The molecule has 0 fully saturated rings. The van der Waals surface area contributed by atoms with Crippen LogP contribution in [0.5, 0.6) is 0 Å². The maximum atomic E-state index is 10.5. The maximum absolute atomic E-state index is 10.5. The molecule has 0 aliphatic carbocycles. The molecular formula is C6H6BrNO2S. The molecule has 0 aliphatic heterocycles. The lowest BCUT2D eigenvalue weighted by molar-refractivity contribution is 0.614. The topological polar surface area (TPSA) is 60.2 Å². The summed E-state index contributed by atoms with van der Waals surface area (Å²) in [4.78, 5) is 0.229. The van der Waals surface area contributed by atoms with Crippen LogP contribution in [0.1, 0.15) is 0 Å². The number of nitrogens with two attached hydrogens (primary N) is 1. The van der Waals surface area contributed by atoms with Crippen molar-refractivity contribution in [2.75, 3.05) is 5.73 Å². The lowest BCUT2D eigenvalue weighted by Gasteiger charge is -1.95. The van der Waals surface area contributed by atoms with Gasteiger partial charge in [0.05, 0.1) is 4.90 Å². The third kappa shape index (κ3) is 2.20. The van der Waals surface area contributed by atoms with Gasteiger partial charge in [0, 0.05) is 10.2 Å². The van der Waals surface area contributed by atoms with E-state index in [4.69, 9.17) is 5.73 Å². The first-order chi connectivity index (χ1) is 5.09. The van der Waals surface area contributed by atoms with Gasteiger partial charge >= 0.3 is 0 Å². The molecule has 0 bridgehead atoms. The summed E-state index contributed by atoms with van der Waals surface area (Å²) in [5.41, 5.74) is 5.84. The zero-order valence-electron chi connectivity index (χ0n) is 5.45. The second kappa shape index (κ2) is 3.23.